The highest BCUT2D eigenvalue weighted by Gasteiger charge is 2.24. The number of likely N-dealkylation sites (N-methyl/N-ethyl adjacent to an activating group) is 1. The standard InChI is InChI=1S/C24H31ClF2N4O5S2.C2H6/c1-29(37(34)14-13-30-9-3-2-4-10-30)11-12-31(17-23(32)28-33)38(35)20-15-21(26)24(22(27)16-20)36-19-7-5-18(25)6-8-19;1-2/h5-8,15-16,33H,2-4,9-14,17H2,1H3,(H,28,32);1-2H3. The molecule has 2 atom stereocenters. The summed E-state index contributed by atoms with van der Waals surface area (Å²) in [6, 6.07) is 7.59. The van der Waals surface area contributed by atoms with Crippen molar-refractivity contribution in [2.24, 2.45) is 0 Å². The molecule has 2 unspecified atom stereocenters. The summed E-state index contributed by atoms with van der Waals surface area (Å²) in [5, 5.41) is 9.37. The number of likely N-dealkylation sites (tertiary alicyclic amines) is 1. The van der Waals surface area contributed by atoms with Crippen molar-refractivity contribution in [3.63, 3.8) is 0 Å². The Hall–Kier alpha value is -2.00. The van der Waals surface area contributed by atoms with E-state index in [1.807, 2.05) is 13.8 Å². The van der Waals surface area contributed by atoms with Crippen molar-refractivity contribution in [3.05, 3.63) is 53.1 Å². The maximum absolute atomic E-state index is 14.8. The molecule has 1 aliphatic rings. The van der Waals surface area contributed by atoms with Crippen LogP contribution in [0.3, 0.4) is 0 Å². The van der Waals surface area contributed by atoms with Gasteiger partial charge in [0.25, 0.3) is 5.91 Å². The molecule has 2 N–H and O–H groups in total. The minimum absolute atomic E-state index is 0.0295. The predicted octanol–water partition coefficient (Wildman–Crippen LogP) is 4.35. The SMILES string of the molecule is CC.CN(CCN(CC(=O)NO)S(=O)c1cc(F)c(Oc2ccc(Cl)cc2)c(F)c1)S(=O)CCN1CCCCC1. The maximum atomic E-state index is 14.8. The van der Waals surface area contributed by atoms with E-state index >= 15 is 0 Å². The molecule has 0 spiro atoms. The number of carbonyl (C=O) groups is 1. The van der Waals surface area contributed by atoms with Crippen molar-refractivity contribution < 1.29 is 31.9 Å². The molecule has 3 rings (SSSR count). The lowest BCUT2D eigenvalue weighted by atomic mass is 10.1. The lowest BCUT2D eigenvalue weighted by Crippen LogP contribution is -2.42. The third-order valence-corrected chi connectivity index (χ3v) is 9.01. The average molecular weight is 623 g/mol. The van der Waals surface area contributed by atoms with Gasteiger partial charge in [-0.2, -0.15) is 0 Å². The monoisotopic (exact) mass is 622 g/mol. The first-order chi connectivity index (χ1) is 19.2. The largest absolute Gasteiger partial charge is 0.451 e. The van der Waals surface area contributed by atoms with Gasteiger partial charge >= 0.3 is 0 Å². The Morgan fingerprint density at radius 2 is 1.68 bits per heavy atom. The molecule has 9 nitrogen and oxygen atoms in total. The van der Waals surface area contributed by atoms with Crippen molar-refractivity contribution >= 4 is 39.5 Å². The van der Waals surface area contributed by atoms with E-state index in [0.717, 1.165) is 42.4 Å². The van der Waals surface area contributed by atoms with E-state index in [-0.39, 0.29) is 23.7 Å². The van der Waals surface area contributed by atoms with Gasteiger partial charge in [0.05, 0.1) is 28.2 Å². The molecule has 224 valence electrons. The molecule has 40 heavy (non-hydrogen) atoms. The minimum Gasteiger partial charge on any atom is -0.451 e. The van der Waals surface area contributed by atoms with Crippen molar-refractivity contribution in [1.29, 1.82) is 0 Å². The van der Waals surface area contributed by atoms with Gasteiger partial charge in [0.1, 0.15) is 16.7 Å². The Labute approximate surface area is 244 Å². The fraction of sp³-hybridized carbons (Fsp3) is 0.500. The number of nitrogens with one attached hydrogen (secondary N) is 1. The fourth-order valence-electron chi connectivity index (χ4n) is 3.82. The van der Waals surface area contributed by atoms with E-state index in [2.05, 4.69) is 4.90 Å². The summed E-state index contributed by atoms with van der Waals surface area (Å²) in [4.78, 5) is 13.9. The van der Waals surface area contributed by atoms with Crippen LogP contribution >= 0.6 is 11.6 Å². The van der Waals surface area contributed by atoms with E-state index in [1.165, 1.54) is 36.2 Å². The van der Waals surface area contributed by atoms with Crippen molar-refractivity contribution in [2.45, 2.75) is 38.0 Å². The van der Waals surface area contributed by atoms with Crippen LogP contribution in [0.4, 0.5) is 8.78 Å². The van der Waals surface area contributed by atoms with Crippen LogP contribution in [-0.2, 0) is 26.8 Å². The smallest absolute Gasteiger partial charge is 0.258 e. The fourth-order valence-corrected chi connectivity index (χ4v) is 6.15. The topological polar surface area (TPSA) is 102 Å². The van der Waals surface area contributed by atoms with Crippen LogP contribution in [0.25, 0.3) is 0 Å². The van der Waals surface area contributed by atoms with Crippen molar-refractivity contribution in [1.82, 2.24) is 19.0 Å². The number of nitrogens with zero attached hydrogens (tertiary/aromatic N) is 3. The molecule has 1 saturated heterocycles. The van der Waals surface area contributed by atoms with Crippen molar-refractivity contribution in [3.8, 4) is 11.5 Å². The van der Waals surface area contributed by atoms with Gasteiger partial charge in [0.2, 0.25) is 0 Å². The minimum atomic E-state index is -2.18. The normalized spacial score (nSPS) is 15.3. The maximum Gasteiger partial charge on any atom is 0.258 e. The molecular formula is C26H37ClF2N4O5S2. The quantitative estimate of drug-likeness (QED) is 0.254. The number of ether oxygens (including phenoxy) is 1. The van der Waals surface area contributed by atoms with Crippen LogP contribution in [0, 0.1) is 11.6 Å². The second kappa shape index (κ2) is 17.7. The van der Waals surface area contributed by atoms with Crippen LogP contribution < -0.4 is 10.2 Å². The molecule has 1 fully saturated rings. The first-order valence-electron chi connectivity index (χ1n) is 13.0. The molecule has 0 radical (unpaired) electrons. The molecule has 2 aromatic rings. The Kier molecular flexibility index (Phi) is 15.2. The van der Waals surface area contributed by atoms with Gasteiger partial charge < -0.3 is 9.64 Å². The van der Waals surface area contributed by atoms with Gasteiger partial charge in [0.15, 0.2) is 17.4 Å². The third kappa shape index (κ3) is 10.8. The number of amides is 1. The first-order valence-corrected chi connectivity index (χ1v) is 15.8. The van der Waals surface area contributed by atoms with Crippen LogP contribution in [0.2, 0.25) is 5.02 Å². The summed E-state index contributed by atoms with van der Waals surface area (Å²) in [5.74, 6) is -3.15. The van der Waals surface area contributed by atoms with Gasteiger partial charge in [-0.1, -0.05) is 31.9 Å². The van der Waals surface area contributed by atoms with E-state index in [4.69, 9.17) is 21.5 Å². The van der Waals surface area contributed by atoms with E-state index in [9.17, 15) is 22.0 Å². The Morgan fingerprint density at radius 3 is 2.25 bits per heavy atom. The third-order valence-electron chi connectivity index (χ3n) is 5.93. The summed E-state index contributed by atoms with van der Waals surface area (Å²) in [6.45, 7) is 6.27. The zero-order valence-electron chi connectivity index (χ0n) is 22.9. The van der Waals surface area contributed by atoms with Gasteiger partial charge in [-0.15, -0.1) is 0 Å². The summed E-state index contributed by atoms with van der Waals surface area (Å²) >= 11 is 5.81. The Bertz CT molecular complexity index is 1120. The van der Waals surface area contributed by atoms with Crippen molar-refractivity contribution in [2.75, 3.05) is 52.1 Å². The molecular weight excluding hydrogens is 586 g/mol. The number of benzene rings is 2. The van der Waals surface area contributed by atoms with Gasteiger partial charge in [-0.25, -0.2) is 31.3 Å². The summed E-state index contributed by atoms with van der Waals surface area (Å²) in [6.07, 6.45) is 3.47. The van der Waals surface area contributed by atoms with E-state index in [0.29, 0.717) is 17.3 Å². The molecule has 0 aromatic heterocycles. The molecule has 2 aromatic carbocycles. The number of halogens is 3. The van der Waals surface area contributed by atoms with Gasteiger partial charge in [0, 0.05) is 24.7 Å². The summed E-state index contributed by atoms with van der Waals surface area (Å²) in [7, 11) is -1.86. The molecule has 0 aliphatic carbocycles. The zero-order valence-corrected chi connectivity index (χ0v) is 25.3. The highest BCUT2D eigenvalue weighted by Crippen LogP contribution is 2.30. The second-order valence-electron chi connectivity index (χ2n) is 8.70. The highest BCUT2D eigenvalue weighted by molar-refractivity contribution is 7.83. The molecule has 0 bridgehead atoms. The van der Waals surface area contributed by atoms with Crippen LogP contribution in [0.1, 0.15) is 33.1 Å². The van der Waals surface area contributed by atoms with E-state index < -0.39 is 51.8 Å². The molecule has 14 heteroatoms. The number of carbonyl (C=O) groups excluding carboxylic acids is 1. The molecule has 0 saturated carbocycles. The Morgan fingerprint density at radius 1 is 1.07 bits per heavy atom. The van der Waals surface area contributed by atoms with Crippen LogP contribution in [0.15, 0.2) is 41.3 Å². The van der Waals surface area contributed by atoms with Gasteiger partial charge in [-0.05, 0) is 69.4 Å². The summed E-state index contributed by atoms with van der Waals surface area (Å²) < 4.78 is 63.4. The van der Waals surface area contributed by atoms with Gasteiger partial charge in [-0.3, -0.25) is 10.0 Å². The Balaban J connectivity index is 0.00000274. The molecule has 1 aliphatic heterocycles. The second-order valence-corrected chi connectivity index (χ2v) is 12.3. The first kappa shape index (κ1) is 34.2. The van der Waals surface area contributed by atoms with Crippen LogP contribution in [-0.4, -0.2) is 85.1 Å². The molecule has 1 amide bonds. The zero-order chi connectivity index (χ0) is 29.7. The number of piperidine rings is 1. The number of rotatable bonds is 13. The number of hydroxylamine groups is 1. The predicted molar refractivity (Wildman–Crippen MR) is 153 cm³/mol. The lowest BCUT2D eigenvalue weighted by Gasteiger charge is -2.27. The van der Waals surface area contributed by atoms with Crippen LogP contribution in [0.5, 0.6) is 11.5 Å². The van der Waals surface area contributed by atoms with E-state index in [1.54, 1.807) is 11.4 Å². The number of hydrogen-bond acceptors (Lipinski definition) is 6. The lowest BCUT2D eigenvalue weighted by molar-refractivity contribution is -0.129. The highest BCUT2D eigenvalue weighted by atomic mass is 35.5. The molecule has 1 heterocycles. The summed E-state index contributed by atoms with van der Waals surface area (Å²) in [5.41, 5.74) is 1.46. The average Bonchev–Trinajstić information content (AvgIpc) is 2.97. The number of hydrogen-bond donors (Lipinski definition) is 2.